The van der Waals surface area contributed by atoms with Crippen LogP contribution in [-0.2, 0) is 25.6 Å². The van der Waals surface area contributed by atoms with Crippen molar-refractivity contribution in [2.24, 2.45) is 10.7 Å². The largest absolute Gasteiger partial charge is 0.434 e. The fraction of sp³-hybridized carbons (Fsp3) is 0.333. The van der Waals surface area contributed by atoms with E-state index in [2.05, 4.69) is 21.4 Å². The van der Waals surface area contributed by atoms with Gasteiger partial charge in [0.05, 0.1) is 6.54 Å². The van der Waals surface area contributed by atoms with E-state index in [1.807, 2.05) is 12.1 Å². The van der Waals surface area contributed by atoms with E-state index in [4.69, 9.17) is 5.73 Å². The Hall–Kier alpha value is -2.09. The smallest absolute Gasteiger partial charge is 0.370 e. The zero-order chi connectivity index (χ0) is 16.4. The molecule has 1 heterocycles. The molecular weight excluding hydrogens is 325 g/mol. The third kappa shape index (κ3) is 3.82. The van der Waals surface area contributed by atoms with Crippen molar-refractivity contribution in [2.75, 3.05) is 5.32 Å². The average Bonchev–Trinajstić information content (AvgIpc) is 3.13. The highest BCUT2D eigenvalue weighted by molar-refractivity contribution is 7.09. The number of anilines is 1. The van der Waals surface area contributed by atoms with E-state index in [1.165, 1.54) is 11.1 Å². The third-order valence-corrected chi connectivity index (χ3v) is 4.43. The predicted molar refractivity (Wildman–Crippen MR) is 84.5 cm³/mol. The number of alkyl halides is 3. The molecule has 4 nitrogen and oxygen atoms in total. The average molecular weight is 340 g/mol. The van der Waals surface area contributed by atoms with E-state index in [0.29, 0.717) is 0 Å². The van der Waals surface area contributed by atoms with Crippen molar-refractivity contribution < 1.29 is 13.2 Å². The Morgan fingerprint density at radius 3 is 2.83 bits per heavy atom. The maximum absolute atomic E-state index is 12.5. The lowest BCUT2D eigenvalue weighted by molar-refractivity contribution is -0.140. The first-order chi connectivity index (χ1) is 10.9. The van der Waals surface area contributed by atoms with Crippen molar-refractivity contribution in [3.05, 3.63) is 45.4 Å². The Morgan fingerprint density at radius 1 is 1.30 bits per heavy atom. The molecule has 122 valence electrons. The van der Waals surface area contributed by atoms with Crippen LogP contribution in [0.4, 0.5) is 18.9 Å². The number of rotatable bonds is 3. The highest BCUT2D eigenvalue weighted by atomic mass is 32.1. The number of nitrogens with zero attached hydrogens (tertiary/aromatic N) is 2. The quantitative estimate of drug-likeness (QED) is 0.663. The summed E-state index contributed by atoms with van der Waals surface area (Å²) in [4.78, 5) is 7.55. The standard InChI is InChI=1S/C15H15F3N4S/c16-15(17,18)12-8-23-13(22-12)7-20-14(19)21-11-5-4-9-2-1-3-10(9)6-11/h4-6,8H,1-3,7H2,(H3,19,20,21). The van der Waals surface area contributed by atoms with Gasteiger partial charge >= 0.3 is 6.18 Å². The molecule has 0 fully saturated rings. The predicted octanol–water partition coefficient (Wildman–Crippen LogP) is 3.58. The lowest BCUT2D eigenvalue weighted by Gasteiger charge is -2.07. The van der Waals surface area contributed by atoms with Crippen molar-refractivity contribution in [1.29, 1.82) is 0 Å². The minimum Gasteiger partial charge on any atom is -0.370 e. The number of halogens is 3. The summed E-state index contributed by atoms with van der Waals surface area (Å²) in [6.45, 7) is 0.0184. The summed E-state index contributed by atoms with van der Waals surface area (Å²) in [6, 6.07) is 6.03. The van der Waals surface area contributed by atoms with Crippen molar-refractivity contribution in [2.45, 2.75) is 32.0 Å². The summed E-state index contributed by atoms with van der Waals surface area (Å²) in [5.74, 6) is 0.159. The van der Waals surface area contributed by atoms with Gasteiger partial charge in [-0.15, -0.1) is 11.3 Å². The number of aliphatic imine (C=N–C) groups is 1. The van der Waals surface area contributed by atoms with Gasteiger partial charge in [0.25, 0.3) is 0 Å². The summed E-state index contributed by atoms with van der Waals surface area (Å²) >= 11 is 0.919. The molecule has 0 radical (unpaired) electrons. The molecule has 8 heteroatoms. The number of hydrogen-bond donors (Lipinski definition) is 2. The van der Waals surface area contributed by atoms with Crippen molar-refractivity contribution in [1.82, 2.24) is 4.98 Å². The molecule has 0 bridgehead atoms. The first-order valence-corrected chi connectivity index (χ1v) is 8.00. The van der Waals surface area contributed by atoms with E-state index in [1.54, 1.807) is 0 Å². The minimum atomic E-state index is -4.42. The number of guanidine groups is 1. The molecule has 0 atom stereocenters. The van der Waals surface area contributed by atoms with Crippen molar-refractivity contribution in [3.63, 3.8) is 0 Å². The summed E-state index contributed by atoms with van der Waals surface area (Å²) in [5, 5.41) is 4.22. The van der Waals surface area contributed by atoms with E-state index in [0.717, 1.165) is 41.7 Å². The van der Waals surface area contributed by atoms with E-state index < -0.39 is 11.9 Å². The van der Waals surface area contributed by atoms with Gasteiger partial charge in [-0.25, -0.2) is 9.98 Å². The number of benzene rings is 1. The number of aromatic nitrogens is 1. The van der Waals surface area contributed by atoms with E-state index in [9.17, 15) is 13.2 Å². The molecule has 0 unspecified atom stereocenters. The van der Waals surface area contributed by atoms with Crippen LogP contribution in [0, 0.1) is 0 Å². The van der Waals surface area contributed by atoms with Gasteiger partial charge in [-0.3, -0.25) is 0 Å². The number of hydrogen-bond acceptors (Lipinski definition) is 3. The zero-order valence-corrected chi connectivity index (χ0v) is 13.0. The maximum atomic E-state index is 12.5. The molecule has 0 amide bonds. The molecule has 1 aliphatic rings. The third-order valence-electron chi connectivity index (χ3n) is 3.60. The number of thiazole rings is 1. The Bertz CT molecular complexity index is 737. The van der Waals surface area contributed by atoms with Crippen molar-refractivity contribution >= 4 is 23.0 Å². The molecule has 0 saturated carbocycles. The molecule has 3 N–H and O–H groups in total. The Kier molecular flexibility index (Phi) is 4.25. The number of aryl methyl sites for hydroxylation is 2. The summed E-state index contributed by atoms with van der Waals surface area (Å²) in [6.07, 6.45) is -1.10. The second kappa shape index (κ2) is 6.19. The van der Waals surface area contributed by atoms with Gasteiger partial charge in [0, 0.05) is 11.1 Å². The fourth-order valence-electron chi connectivity index (χ4n) is 2.50. The van der Waals surface area contributed by atoms with Crippen LogP contribution >= 0.6 is 11.3 Å². The first kappa shape index (κ1) is 15.8. The molecule has 23 heavy (non-hydrogen) atoms. The normalized spacial score (nSPS) is 14.8. The molecule has 0 spiro atoms. The van der Waals surface area contributed by atoms with Crippen LogP contribution in [0.15, 0.2) is 28.6 Å². The molecule has 3 rings (SSSR count). The van der Waals surface area contributed by atoms with Crippen molar-refractivity contribution in [3.8, 4) is 0 Å². The minimum absolute atomic E-state index is 0.0184. The van der Waals surface area contributed by atoms with Gasteiger partial charge in [-0.1, -0.05) is 6.07 Å². The van der Waals surface area contributed by atoms with E-state index in [-0.39, 0.29) is 17.5 Å². The Labute approximate surface area is 135 Å². The van der Waals surface area contributed by atoms with Crippen LogP contribution in [0.2, 0.25) is 0 Å². The van der Waals surface area contributed by atoms with Gasteiger partial charge in [0.1, 0.15) is 5.01 Å². The number of fused-ring (bicyclic) bond motifs is 1. The lowest BCUT2D eigenvalue weighted by atomic mass is 10.1. The van der Waals surface area contributed by atoms with Crippen LogP contribution < -0.4 is 11.1 Å². The van der Waals surface area contributed by atoms with Gasteiger partial charge in [0.15, 0.2) is 11.7 Å². The van der Waals surface area contributed by atoms with Gasteiger partial charge in [-0.2, -0.15) is 13.2 Å². The number of nitrogens with one attached hydrogen (secondary N) is 1. The van der Waals surface area contributed by atoms with Crippen LogP contribution in [0.25, 0.3) is 0 Å². The summed E-state index contributed by atoms with van der Waals surface area (Å²) in [5.41, 5.74) is 8.39. The molecular formula is C15H15F3N4S. The summed E-state index contributed by atoms with van der Waals surface area (Å²) in [7, 11) is 0. The summed E-state index contributed by atoms with van der Waals surface area (Å²) < 4.78 is 37.4. The molecule has 1 aromatic carbocycles. The van der Waals surface area contributed by atoms with Crippen LogP contribution in [-0.4, -0.2) is 10.9 Å². The van der Waals surface area contributed by atoms with Crippen LogP contribution in [0.5, 0.6) is 0 Å². The SMILES string of the molecule is NC(=NCc1nc(C(F)(F)F)cs1)Nc1ccc2c(c1)CCC2. The monoisotopic (exact) mass is 340 g/mol. The maximum Gasteiger partial charge on any atom is 0.434 e. The van der Waals surface area contributed by atoms with Crippen LogP contribution in [0.1, 0.15) is 28.2 Å². The highest BCUT2D eigenvalue weighted by Crippen LogP contribution is 2.30. The lowest BCUT2D eigenvalue weighted by Crippen LogP contribution is -2.22. The first-order valence-electron chi connectivity index (χ1n) is 7.12. The number of nitrogens with two attached hydrogens (primary N) is 1. The van der Waals surface area contributed by atoms with Gasteiger partial charge in [-0.05, 0) is 42.5 Å². The molecule has 0 saturated heterocycles. The molecule has 1 aliphatic carbocycles. The van der Waals surface area contributed by atoms with E-state index >= 15 is 0 Å². The molecule has 0 aliphatic heterocycles. The fourth-order valence-corrected chi connectivity index (χ4v) is 3.23. The van der Waals surface area contributed by atoms with Crippen LogP contribution in [0.3, 0.4) is 0 Å². The van der Waals surface area contributed by atoms with Gasteiger partial charge in [0.2, 0.25) is 0 Å². The second-order valence-corrected chi connectivity index (χ2v) is 6.23. The molecule has 2 aromatic rings. The topological polar surface area (TPSA) is 63.3 Å². The molecule has 1 aromatic heterocycles. The Balaban J connectivity index is 1.63. The Morgan fingerprint density at radius 2 is 2.09 bits per heavy atom. The second-order valence-electron chi connectivity index (χ2n) is 5.29. The van der Waals surface area contributed by atoms with Gasteiger partial charge < -0.3 is 11.1 Å². The highest BCUT2D eigenvalue weighted by Gasteiger charge is 2.33. The zero-order valence-electron chi connectivity index (χ0n) is 12.2.